The van der Waals surface area contributed by atoms with Gasteiger partial charge in [0.2, 0.25) is 0 Å². The van der Waals surface area contributed by atoms with Gasteiger partial charge in [-0.05, 0) is 19.9 Å². The number of fused-ring (bicyclic) bond motifs is 1. The van der Waals surface area contributed by atoms with Crippen LogP contribution in [0.1, 0.15) is 28.9 Å². The number of Topliss-reactive ketones (excluding diaryl/α,β-unsaturated/α-hetero) is 1. The zero-order valence-electron chi connectivity index (χ0n) is 8.40. The lowest BCUT2D eigenvalue weighted by atomic mass is 10.2. The summed E-state index contributed by atoms with van der Waals surface area (Å²) in [5, 5.41) is 0. The van der Waals surface area contributed by atoms with Gasteiger partial charge in [0.1, 0.15) is 17.2 Å². The number of hydrogen-bond donors (Lipinski definition) is 0. The summed E-state index contributed by atoms with van der Waals surface area (Å²) < 4.78 is 1.79. The highest BCUT2D eigenvalue weighted by Crippen LogP contribution is 2.13. The number of ketones is 1. The lowest BCUT2D eigenvalue weighted by Gasteiger charge is -2.01. The predicted octanol–water partition coefficient (Wildman–Crippen LogP) is 1.55. The number of carbonyl (C=O) groups excluding carboxylic acids is 1. The van der Waals surface area contributed by atoms with Gasteiger partial charge in [0.05, 0.1) is 5.69 Å². The van der Waals surface area contributed by atoms with E-state index >= 15 is 0 Å². The van der Waals surface area contributed by atoms with Crippen LogP contribution in [0, 0.1) is 13.8 Å². The zero-order valence-corrected chi connectivity index (χ0v) is 8.40. The Morgan fingerprint density at radius 2 is 2.14 bits per heavy atom. The number of nitrogens with zero attached hydrogens (tertiary/aromatic N) is 3. The van der Waals surface area contributed by atoms with Crippen LogP contribution in [0.15, 0.2) is 12.3 Å². The molecule has 0 aromatic carbocycles. The summed E-state index contributed by atoms with van der Waals surface area (Å²) in [7, 11) is 0. The van der Waals surface area contributed by atoms with Gasteiger partial charge in [-0.2, -0.15) is 0 Å². The Morgan fingerprint density at radius 1 is 1.43 bits per heavy atom. The molecular weight excluding hydrogens is 178 g/mol. The van der Waals surface area contributed by atoms with E-state index in [1.165, 1.54) is 0 Å². The third-order valence-corrected chi connectivity index (χ3v) is 2.22. The van der Waals surface area contributed by atoms with Crippen LogP contribution < -0.4 is 0 Å². The van der Waals surface area contributed by atoms with Gasteiger partial charge in [0.25, 0.3) is 0 Å². The molecule has 0 saturated heterocycles. The van der Waals surface area contributed by atoms with Crippen molar-refractivity contribution in [2.75, 3.05) is 0 Å². The minimum atomic E-state index is 0.0195. The van der Waals surface area contributed by atoms with Gasteiger partial charge in [0.15, 0.2) is 5.78 Å². The molecule has 2 rings (SSSR count). The molecule has 0 aliphatic carbocycles. The third-order valence-electron chi connectivity index (χ3n) is 2.22. The van der Waals surface area contributed by atoms with E-state index in [-0.39, 0.29) is 5.78 Å². The van der Waals surface area contributed by atoms with Crippen molar-refractivity contribution in [1.29, 1.82) is 0 Å². The molecule has 0 bridgehead atoms. The van der Waals surface area contributed by atoms with E-state index in [9.17, 15) is 4.79 Å². The maximum atomic E-state index is 11.4. The Bertz CT molecular complexity index is 513. The second-order valence-corrected chi connectivity index (χ2v) is 3.29. The molecule has 0 saturated carbocycles. The maximum absolute atomic E-state index is 11.4. The van der Waals surface area contributed by atoms with E-state index in [0.717, 1.165) is 17.2 Å². The number of carbonyl (C=O) groups is 1. The fraction of sp³-hybridized carbons (Fsp3) is 0.300. The Balaban J connectivity index is 2.93. The highest BCUT2D eigenvalue weighted by Gasteiger charge is 2.13. The van der Waals surface area contributed by atoms with Crippen molar-refractivity contribution < 1.29 is 4.79 Å². The molecular formula is C10H11N3O. The normalized spacial score (nSPS) is 10.8. The van der Waals surface area contributed by atoms with Crippen molar-refractivity contribution in [2.24, 2.45) is 0 Å². The van der Waals surface area contributed by atoms with Crippen LogP contribution in [0.2, 0.25) is 0 Å². The van der Waals surface area contributed by atoms with E-state index in [0.29, 0.717) is 5.69 Å². The van der Waals surface area contributed by atoms with Crippen LogP contribution in [-0.2, 0) is 0 Å². The van der Waals surface area contributed by atoms with Crippen molar-refractivity contribution in [3.63, 3.8) is 0 Å². The third kappa shape index (κ3) is 1.11. The van der Waals surface area contributed by atoms with Crippen LogP contribution in [0.3, 0.4) is 0 Å². The Morgan fingerprint density at radius 3 is 2.79 bits per heavy atom. The van der Waals surface area contributed by atoms with Gasteiger partial charge >= 0.3 is 0 Å². The first kappa shape index (κ1) is 8.87. The Hall–Kier alpha value is -1.71. The van der Waals surface area contributed by atoms with E-state index in [2.05, 4.69) is 9.97 Å². The summed E-state index contributed by atoms with van der Waals surface area (Å²) in [5.41, 5.74) is 2.17. The molecule has 14 heavy (non-hydrogen) atoms. The molecule has 0 atom stereocenters. The standard InChI is InChI=1S/C10H11N3O/c1-6-10(7(2)14)13-8(3)11-5-4-9(13)12-6/h4-5H,1-3H3. The van der Waals surface area contributed by atoms with E-state index < -0.39 is 0 Å². The van der Waals surface area contributed by atoms with Gasteiger partial charge < -0.3 is 0 Å². The maximum Gasteiger partial charge on any atom is 0.178 e. The summed E-state index contributed by atoms with van der Waals surface area (Å²) in [6.45, 7) is 5.24. The first-order valence-corrected chi connectivity index (χ1v) is 4.43. The minimum Gasteiger partial charge on any atom is -0.293 e. The molecule has 0 aliphatic heterocycles. The molecule has 0 spiro atoms. The molecule has 0 radical (unpaired) electrons. The minimum absolute atomic E-state index is 0.0195. The smallest absolute Gasteiger partial charge is 0.178 e. The second kappa shape index (κ2) is 2.90. The quantitative estimate of drug-likeness (QED) is 0.639. The summed E-state index contributed by atoms with van der Waals surface area (Å²) >= 11 is 0. The Labute approximate surface area is 81.6 Å². The molecule has 0 fully saturated rings. The van der Waals surface area contributed by atoms with Crippen LogP contribution in [-0.4, -0.2) is 20.2 Å². The van der Waals surface area contributed by atoms with Crippen molar-refractivity contribution in [3.8, 4) is 0 Å². The van der Waals surface area contributed by atoms with Crippen LogP contribution in [0.25, 0.3) is 5.65 Å². The van der Waals surface area contributed by atoms with Crippen molar-refractivity contribution in [2.45, 2.75) is 20.8 Å². The van der Waals surface area contributed by atoms with Crippen LogP contribution in [0.5, 0.6) is 0 Å². The fourth-order valence-corrected chi connectivity index (χ4v) is 1.67. The summed E-state index contributed by atoms with van der Waals surface area (Å²) in [4.78, 5) is 19.8. The molecule has 4 nitrogen and oxygen atoms in total. The molecule has 0 N–H and O–H groups in total. The SMILES string of the molecule is CC(=O)c1c(C)nc2ccnc(C)n12. The molecule has 0 aliphatic rings. The number of aryl methyl sites for hydroxylation is 2. The van der Waals surface area contributed by atoms with Gasteiger partial charge in [-0.25, -0.2) is 9.97 Å². The van der Waals surface area contributed by atoms with Gasteiger partial charge in [-0.15, -0.1) is 0 Å². The van der Waals surface area contributed by atoms with Crippen molar-refractivity contribution in [1.82, 2.24) is 14.4 Å². The molecule has 0 amide bonds. The van der Waals surface area contributed by atoms with Crippen LogP contribution in [0.4, 0.5) is 0 Å². The number of imidazole rings is 1. The lowest BCUT2D eigenvalue weighted by Crippen LogP contribution is -2.04. The highest BCUT2D eigenvalue weighted by molar-refractivity contribution is 5.94. The molecule has 4 heteroatoms. The van der Waals surface area contributed by atoms with Crippen molar-refractivity contribution in [3.05, 3.63) is 29.5 Å². The van der Waals surface area contributed by atoms with Crippen LogP contribution >= 0.6 is 0 Å². The van der Waals surface area contributed by atoms with E-state index in [1.54, 1.807) is 23.6 Å². The Kier molecular flexibility index (Phi) is 1.84. The molecule has 72 valence electrons. The highest BCUT2D eigenvalue weighted by atomic mass is 16.1. The largest absolute Gasteiger partial charge is 0.293 e. The van der Waals surface area contributed by atoms with Gasteiger partial charge in [0, 0.05) is 13.1 Å². The summed E-state index contributed by atoms with van der Waals surface area (Å²) in [6, 6.07) is 1.80. The van der Waals surface area contributed by atoms with E-state index in [1.807, 2.05) is 13.8 Å². The number of rotatable bonds is 1. The van der Waals surface area contributed by atoms with Gasteiger partial charge in [-0.3, -0.25) is 9.20 Å². The van der Waals surface area contributed by atoms with Gasteiger partial charge in [-0.1, -0.05) is 0 Å². The summed E-state index contributed by atoms with van der Waals surface area (Å²) in [5.74, 6) is 0.805. The number of hydrogen-bond acceptors (Lipinski definition) is 3. The van der Waals surface area contributed by atoms with Crippen molar-refractivity contribution >= 4 is 11.4 Å². The molecule has 2 aromatic heterocycles. The molecule has 2 aromatic rings. The average molecular weight is 189 g/mol. The average Bonchev–Trinajstić information content (AvgIpc) is 2.42. The lowest BCUT2D eigenvalue weighted by molar-refractivity contribution is 0.101. The monoisotopic (exact) mass is 189 g/mol. The topological polar surface area (TPSA) is 47.3 Å². The fourth-order valence-electron chi connectivity index (χ4n) is 1.67. The first-order valence-electron chi connectivity index (χ1n) is 4.43. The molecule has 2 heterocycles. The van der Waals surface area contributed by atoms with E-state index in [4.69, 9.17) is 0 Å². The molecule has 0 unspecified atom stereocenters. The number of aromatic nitrogens is 3. The second-order valence-electron chi connectivity index (χ2n) is 3.29. The summed E-state index contributed by atoms with van der Waals surface area (Å²) in [6.07, 6.45) is 1.70. The first-order chi connectivity index (χ1) is 6.61. The zero-order chi connectivity index (χ0) is 10.3. The predicted molar refractivity (Wildman–Crippen MR) is 52.5 cm³/mol.